The average Bonchev–Trinajstić information content (AvgIpc) is 2.31. The molecule has 0 spiro atoms. The molecule has 0 aliphatic rings. The lowest BCUT2D eigenvalue weighted by atomic mass is 10.3. The number of nitrogens with one attached hydrogen (secondary N) is 1. The molecule has 0 fully saturated rings. The molecule has 0 amide bonds. The van der Waals surface area contributed by atoms with Crippen molar-refractivity contribution in [3.05, 3.63) is 60.2 Å². The molecule has 0 aromatic carbocycles. The molecule has 16 heavy (non-hydrogen) atoms. The van der Waals surface area contributed by atoms with Crippen LogP contribution in [0.1, 0.15) is 11.4 Å². The molecule has 0 saturated carbocycles. The Balaban J connectivity index is 1.92. The Morgan fingerprint density at radius 1 is 0.875 bits per heavy atom. The summed E-state index contributed by atoms with van der Waals surface area (Å²) in [7, 11) is 2.16. The zero-order valence-electron chi connectivity index (χ0n) is 9.43. The molecule has 2 aromatic rings. The van der Waals surface area contributed by atoms with E-state index in [4.69, 9.17) is 0 Å². The summed E-state index contributed by atoms with van der Waals surface area (Å²) in [6, 6.07) is 12.0. The minimum absolute atomic E-state index is 0.928. The van der Waals surface area contributed by atoms with Crippen LogP contribution in [-0.4, -0.2) is 17.0 Å². The van der Waals surface area contributed by atoms with E-state index < -0.39 is 0 Å². The fraction of sp³-hybridized carbons (Fsp3) is 0.231. The molecule has 3 nitrogen and oxygen atoms in total. The molecule has 0 unspecified atom stereocenters. The van der Waals surface area contributed by atoms with E-state index in [1.807, 2.05) is 36.7 Å². The summed E-state index contributed by atoms with van der Waals surface area (Å²) < 4.78 is 0. The summed E-state index contributed by atoms with van der Waals surface area (Å²) in [6.45, 7) is 1.86. The molecule has 82 valence electrons. The van der Waals surface area contributed by atoms with Crippen LogP contribution >= 0.6 is 0 Å². The largest absolute Gasteiger partial charge is 0.327 e. The zero-order chi connectivity index (χ0) is 11.2. The molecular formula is C13H16N3+. The smallest absolute Gasteiger partial charge is 0.120 e. The second-order valence-corrected chi connectivity index (χ2v) is 3.95. The van der Waals surface area contributed by atoms with Gasteiger partial charge in [-0.15, -0.1) is 0 Å². The molecule has 2 aromatic heterocycles. The predicted octanol–water partition coefficient (Wildman–Crippen LogP) is 0.691. The van der Waals surface area contributed by atoms with Gasteiger partial charge in [0.1, 0.15) is 13.1 Å². The van der Waals surface area contributed by atoms with Crippen LogP contribution in [0.15, 0.2) is 48.8 Å². The number of aromatic nitrogens is 2. The van der Waals surface area contributed by atoms with E-state index in [1.54, 1.807) is 0 Å². The predicted molar refractivity (Wildman–Crippen MR) is 62.8 cm³/mol. The average molecular weight is 214 g/mol. The highest BCUT2D eigenvalue weighted by Crippen LogP contribution is 1.92. The summed E-state index contributed by atoms with van der Waals surface area (Å²) in [5.74, 6) is 0. The Bertz CT molecular complexity index is 372. The Hall–Kier alpha value is -1.74. The van der Waals surface area contributed by atoms with Crippen molar-refractivity contribution in [2.24, 2.45) is 0 Å². The van der Waals surface area contributed by atoms with Crippen molar-refractivity contribution in [2.45, 2.75) is 13.1 Å². The van der Waals surface area contributed by atoms with Gasteiger partial charge in [0.15, 0.2) is 0 Å². The highest BCUT2D eigenvalue weighted by molar-refractivity contribution is 5.03. The van der Waals surface area contributed by atoms with Crippen LogP contribution in [0, 0.1) is 0 Å². The molecular weight excluding hydrogens is 198 g/mol. The topological polar surface area (TPSA) is 30.2 Å². The third-order valence-corrected chi connectivity index (χ3v) is 2.42. The molecule has 0 aliphatic heterocycles. The minimum atomic E-state index is 0.928. The first kappa shape index (κ1) is 10.8. The number of pyridine rings is 2. The number of nitrogens with zero attached hydrogens (tertiary/aromatic N) is 2. The fourth-order valence-electron chi connectivity index (χ4n) is 1.69. The lowest BCUT2D eigenvalue weighted by Gasteiger charge is -2.12. The second kappa shape index (κ2) is 5.37. The van der Waals surface area contributed by atoms with Crippen molar-refractivity contribution >= 4 is 0 Å². The zero-order valence-corrected chi connectivity index (χ0v) is 9.43. The van der Waals surface area contributed by atoms with Crippen LogP contribution in [0.4, 0.5) is 0 Å². The van der Waals surface area contributed by atoms with Crippen LogP contribution in [-0.2, 0) is 13.1 Å². The summed E-state index contributed by atoms with van der Waals surface area (Å²) in [5, 5.41) is 0. The maximum Gasteiger partial charge on any atom is 0.120 e. The number of rotatable bonds is 4. The van der Waals surface area contributed by atoms with Crippen molar-refractivity contribution in [3.63, 3.8) is 0 Å². The van der Waals surface area contributed by atoms with Gasteiger partial charge in [0.05, 0.1) is 18.4 Å². The fourth-order valence-corrected chi connectivity index (χ4v) is 1.69. The van der Waals surface area contributed by atoms with E-state index in [9.17, 15) is 0 Å². The Kier molecular flexibility index (Phi) is 3.62. The van der Waals surface area contributed by atoms with Gasteiger partial charge in [-0.1, -0.05) is 12.1 Å². The van der Waals surface area contributed by atoms with Crippen molar-refractivity contribution < 1.29 is 4.90 Å². The van der Waals surface area contributed by atoms with Crippen LogP contribution in [0.3, 0.4) is 0 Å². The van der Waals surface area contributed by atoms with E-state index in [2.05, 4.69) is 29.1 Å². The van der Waals surface area contributed by atoms with E-state index >= 15 is 0 Å². The molecule has 0 radical (unpaired) electrons. The minimum Gasteiger partial charge on any atom is -0.327 e. The maximum absolute atomic E-state index is 4.32. The van der Waals surface area contributed by atoms with Gasteiger partial charge in [-0.05, 0) is 24.3 Å². The Labute approximate surface area is 95.8 Å². The summed E-state index contributed by atoms with van der Waals surface area (Å²) in [5.41, 5.74) is 2.24. The van der Waals surface area contributed by atoms with E-state index in [-0.39, 0.29) is 0 Å². The van der Waals surface area contributed by atoms with Crippen LogP contribution < -0.4 is 4.90 Å². The molecule has 2 heterocycles. The molecule has 0 saturated heterocycles. The standard InChI is InChI=1S/C13H15N3/c1-16(10-12-6-2-4-8-14-12)11-13-7-3-5-9-15-13/h2-9H,10-11H2,1H3/p+1. The molecule has 1 N–H and O–H groups in total. The number of hydrogen-bond acceptors (Lipinski definition) is 2. The van der Waals surface area contributed by atoms with Crippen LogP contribution in [0.5, 0.6) is 0 Å². The van der Waals surface area contributed by atoms with Crippen LogP contribution in [0.2, 0.25) is 0 Å². The molecule has 0 bridgehead atoms. The van der Waals surface area contributed by atoms with Gasteiger partial charge in [0.2, 0.25) is 0 Å². The lowest BCUT2D eigenvalue weighted by molar-refractivity contribution is -0.908. The van der Waals surface area contributed by atoms with Crippen molar-refractivity contribution in [3.8, 4) is 0 Å². The van der Waals surface area contributed by atoms with Gasteiger partial charge in [-0.25, -0.2) is 0 Å². The molecule has 3 heteroatoms. The Morgan fingerprint density at radius 3 is 1.75 bits per heavy atom. The van der Waals surface area contributed by atoms with Gasteiger partial charge in [0.25, 0.3) is 0 Å². The van der Waals surface area contributed by atoms with Crippen molar-refractivity contribution in [1.82, 2.24) is 9.97 Å². The summed E-state index contributed by atoms with van der Waals surface area (Å²) >= 11 is 0. The highest BCUT2D eigenvalue weighted by Gasteiger charge is 2.05. The second-order valence-electron chi connectivity index (χ2n) is 3.95. The van der Waals surface area contributed by atoms with Gasteiger partial charge in [0, 0.05) is 12.4 Å². The van der Waals surface area contributed by atoms with Crippen LogP contribution in [0.25, 0.3) is 0 Å². The van der Waals surface area contributed by atoms with E-state index in [1.165, 1.54) is 4.90 Å². The highest BCUT2D eigenvalue weighted by atomic mass is 15.1. The van der Waals surface area contributed by atoms with Gasteiger partial charge in [-0.2, -0.15) is 0 Å². The lowest BCUT2D eigenvalue weighted by Crippen LogP contribution is -3.06. The molecule has 2 rings (SSSR count). The van der Waals surface area contributed by atoms with Gasteiger partial charge in [-0.3, -0.25) is 9.97 Å². The van der Waals surface area contributed by atoms with Gasteiger partial charge < -0.3 is 4.90 Å². The Morgan fingerprint density at radius 2 is 1.38 bits per heavy atom. The normalized spacial score (nSPS) is 10.6. The first-order chi connectivity index (χ1) is 7.84. The quantitative estimate of drug-likeness (QED) is 0.811. The van der Waals surface area contributed by atoms with Crippen molar-refractivity contribution in [1.29, 1.82) is 0 Å². The first-order valence-corrected chi connectivity index (χ1v) is 5.46. The molecule has 0 aliphatic carbocycles. The molecule has 0 atom stereocenters. The third-order valence-electron chi connectivity index (χ3n) is 2.42. The van der Waals surface area contributed by atoms with E-state index in [0.29, 0.717) is 0 Å². The SMILES string of the molecule is C[NH+](Cc1ccccn1)Cc1ccccn1. The van der Waals surface area contributed by atoms with E-state index in [0.717, 1.165) is 24.5 Å². The summed E-state index contributed by atoms with van der Waals surface area (Å²) in [6.07, 6.45) is 3.67. The monoisotopic (exact) mass is 214 g/mol. The first-order valence-electron chi connectivity index (χ1n) is 5.46. The summed E-state index contributed by atoms with van der Waals surface area (Å²) in [4.78, 5) is 10.0. The van der Waals surface area contributed by atoms with Crippen molar-refractivity contribution in [2.75, 3.05) is 7.05 Å². The maximum atomic E-state index is 4.32. The van der Waals surface area contributed by atoms with Gasteiger partial charge >= 0.3 is 0 Å². The number of quaternary nitrogens is 1. The third kappa shape index (κ3) is 3.14. The number of hydrogen-bond donors (Lipinski definition) is 1.